The van der Waals surface area contributed by atoms with Gasteiger partial charge in [-0.25, -0.2) is 9.37 Å². The van der Waals surface area contributed by atoms with Crippen LogP contribution < -0.4 is 0 Å². The van der Waals surface area contributed by atoms with E-state index in [1.165, 1.54) is 6.33 Å². The van der Waals surface area contributed by atoms with Crippen molar-refractivity contribution in [2.75, 3.05) is 0 Å². The standard InChI is InChI=1S/C11H8BrFN2S/c12-8-3-1-7(2-4-8)5-9-10(13)11(16)15-6-14-9/h1-4,6H,5H2,(H,14,15,16). The fraction of sp³-hybridized carbons (Fsp3) is 0.0909. The molecule has 1 N–H and O–H groups in total. The second kappa shape index (κ2) is 4.84. The van der Waals surface area contributed by atoms with Gasteiger partial charge in [-0.05, 0) is 17.7 Å². The summed E-state index contributed by atoms with van der Waals surface area (Å²) < 4.78 is 14.6. The maximum absolute atomic E-state index is 13.6. The van der Waals surface area contributed by atoms with E-state index in [9.17, 15) is 4.39 Å². The largest absolute Gasteiger partial charge is 0.347 e. The molecule has 5 heteroatoms. The van der Waals surface area contributed by atoms with E-state index >= 15 is 0 Å². The van der Waals surface area contributed by atoms with Crippen molar-refractivity contribution >= 4 is 28.1 Å². The molecule has 2 nitrogen and oxygen atoms in total. The molecule has 2 aromatic rings. The van der Waals surface area contributed by atoms with Crippen molar-refractivity contribution in [2.45, 2.75) is 6.42 Å². The summed E-state index contributed by atoms with van der Waals surface area (Å²) in [6.07, 6.45) is 1.89. The predicted molar refractivity (Wildman–Crippen MR) is 66.3 cm³/mol. The third-order valence-corrected chi connectivity index (χ3v) is 2.98. The number of nitrogens with zero attached hydrogens (tertiary/aromatic N) is 1. The van der Waals surface area contributed by atoms with Gasteiger partial charge in [0, 0.05) is 10.9 Å². The Morgan fingerprint density at radius 3 is 2.69 bits per heavy atom. The Kier molecular flexibility index (Phi) is 3.46. The highest BCUT2D eigenvalue weighted by molar-refractivity contribution is 9.10. The van der Waals surface area contributed by atoms with Crippen LogP contribution in [0.2, 0.25) is 0 Å². The van der Waals surface area contributed by atoms with Gasteiger partial charge in [-0.15, -0.1) is 0 Å². The van der Waals surface area contributed by atoms with Gasteiger partial charge in [0.05, 0.1) is 12.0 Å². The molecule has 0 aliphatic carbocycles. The van der Waals surface area contributed by atoms with E-state index < -0.39 is 5.82 Å². The second-order valence-electron chi connectivity index (χ2n) is 3.30. The number of aromatic amines is 1. The second-order valence-corrected chi connectivity index (χ2v) is 4.61. The van der Waals surface area contributed by atoms with Crippen LogP contribution in [0.25, 0.3) is 0 Å². The number of hydrogen-bond acceptors (Lipinski definition) is 2. The van der Waals surface area contributed by atoms with Crippen LogP contribution >= 0.6 is 28.1 Å². The van der Waals surface area contributed by atoms with E-state index in [1.807, 2.05) is 24.3 Å². The average molecular weight is 299 g/mol. The summed E-state index contributed by atoms with van der Waals surface area (Å²) in [7, 11) is 0. The lowest BCUT2D eigenvalue weighted by Crippen LogP contribution is -1.98. The summed E-state index contributed by atoms with van der Waals surface area (Å²) in [5.74, 6) is -0.444. The van der Waals surface area contributed by atoms with Crippen LogP contribution in [-0.4, -0.2) is 9.97 Å². The zero-order valence-corrected chi connectivity index (χ0v) is 10.6. The summed E-state index contributed by atoms with van der Waals surface area (Å²) in [6.45, 7) is 0. The molecule has 1 aromatic heterocycles. The van der Waals surface area contributed by atoms with Gasteiger partial charge >= 0.3 is 0 Å². The molecular weight excluding hydrogens is 291 g/mol. The van der Waals surface area contributed by atoms with Gasteiger partial charge < -0.3 is 4.98 Å². The molecule has 0 saturated carbocycles. The third kappa shape index (κ3) is 2.54. The van der Waals surface area contributed by atoms with Gasteiger partial charge in [0.2, 0.25) is 0 Å². The first-order valence-electron chi connectivity index (χ1n) is 4.63. The molecule has 16 heavy (non-hydrogen) atoms. The van der Waals surface area contributed by atoms with Gasteiger partial charge in [0.25, 0.3) is 0 Å². The quantitative estimate of drug-likeness (QED) is 0.858. The average Bonchev–Trinajstić information content (AvgIpc) is 2.28. The van der Waals surface area contributed by atoms with E-state index in [-0.39, 0.29) is 4.64 Å². The molecule has 1 aromatic carbocycles. The Hall–Kier alpha value is -1.07. The third-order valence-electron chi connectivity index (χ3n) is 2.17. The SMILES string of the molecule is Fc1c(Cc2ccc(Br)cc2)[nH]cnc1=S. The highest BCUT2D eigenvalue weighted by Crippen LogP contribution is 2.14. The van der Waals surface area contributed by atoms with Crippen LogP contribution in [-0.2, 0) is 6.42 Å². The Bertz CT molecular complexity index is 551. The van der Waals surface area contributed by atoms with Crippen molar-refractivity contribution in [1.29, 1.82) is 0 Å². The first kappa shape index (κ1) is 11.4. The molecule has 0 fully saturated rings. The molecule has 82 valence electrons. The smallest absolute Gasteiger partial charge is 0.179 e. The minimum Gasteiger partial charge on any atom is -0.347 e. The molecule has 0 saturated heterocycles. The number of hydrogen-bond donors (Lipinski definition) is 1. The topological polar surface area (TPSA) is 28.7 Å². The summed E-state index contributed by atoms with van der Waals surface area (Å²) in [5, 5.41) is 0. The van der Waals surface area contributed by atoms with Crippen LogP contribution in [0.3, 0.4) is 0 Å². The summed E-state index contributed by atoms with van der Waals surface area (Å²) in [6, 6.07) is 7.70. The maximum Gasteiger partial charge on any atom is 0.179 e. The lowest BCUT2D eigenvalue weighted by molar-refractivity contribution is 0.590. The van der Waals surface area contributed by atoms with E-state index in [0.29, 0.717) is 12.1 Å². The highest BCUT2D eigenvalue weighted by Gasteiger charge is 2.05. The molecule has 0 aliphatic rings. The zero-order chi connectivity index (χ0) is 11.5. The predicted octanol–water partition coefficient (Wildman–Crippen LogP) is 3.63. The van der Waals surface area contributed by atoms with Crippen LogP contribution in [0, 0.1) is 10.5 Å². The van der Waals surface area contributed by atoms with Crippen molar-refractivity contribution in [2.24, 2.45) is 0 Å². The number of benzene rings is 1. The van der Waals surface area contributed by atoms with Crippen molar-refractivity contribution in [3.63, 3.8) is 0 Å². The first-order chi connectivity index (χ1) is 7.66. The fourth-order valence-corrected chi connectivity index (χ4v) is 1.79. The van der Waals surface area contributed by atoms with Crippen LogP contribution in [0.4, 0.5) is 4.39 Å². The van der Waals surface area contributed by atoms with Gasteiger partial charge in [-0.2, -0.15) is 0 Å². The maximum atomic E-state index is 13.6. The number of nitrogens with one attached hydrogen (secondary N) is 1. The van der Waals surface area contributed by atoms with Crippen molar-refractivity contribution in [3.05, 3.63) is 56.8 Å². The molecule has 1 heterocycles. The molecule has 0 atom stereocenters. The zero-order valence-electron chi connectivity index (χ0n) is 8.21. The molecule has 0 aliphatic heterocycles. The number of halogens is 2. The van der Waals surface area contributed by atoms with Gasteiger partial charge in [0.1, 0.15) is 0 Å². The summed E-state index contributed by atoms with van der Waals surface area (Å²) in [4.78, 5) is 6.45. The van der Waals surface area contributed by atoms with Crippen LogP contribution in [0.5, 0.6) is 0 Å². The number of rotatable bonds is 2. The lowest BCUT2D eigenvalue weighted by atomic mass is 10.1. The molecule has 0 bridgehead atoms. The number of aromatic nitrogens is 2. The highest BCUT2D eigenvalue weighted by atomic mass is 79.9. The van der Waals surface area contributed by atoms with E-state index in [0.717, 1.165) is 10.0 Å². The molecule has 0 radical (unpaired) electrons. The van der Waals surface area contributed by atoms with E-state index in [4.69, 9.17) is 12.2 Å². The lowest BCUT2D eigenvalue weighted by Gasteiger charge is -2.03. The minimum atomic E-state index is -0.444. The normalized spacial score (nSPS) is 10.4. The first-order valence-corrected chi connectivity index (χ1v) is 5.83. The fourth-order valence-electron chi connectivity index (χ4n) is 1.35. The van der Waals surface area contributed by atoms with Crippen LogP contribution in [0.1, 0.15) is 11.3 Å². The number of H-pyrrole nitrogens is 1. The molecule has 2 rings (SSSR count). The molecular formula is C11H8BrFN2S. The van der Waals surface area contributed by atoms with Crippen LogP contribution in [0.15, 0.2) is 35.1 Å². The van der Waals surface area contributed by atoms with E-state index in [2.05, 4.69) is 25.9 Å². The Morgan fingerprint density at radius 1 is 1.31 bits per heavy atom. The van der Waals surface area contributed by atoms with Crippen molar-refractivity contribution < 1.29 is 4.39 Å². The summed E-state index contributed by atoms with van der Waals surface area (Å²) in [5.41, 5.74) is 1.47. The van der Waals surface area contributed by atoms with Crippen molar-refractivity contribution in [1.82, 2.24) is 9.97 Å². The Balaban J connectivity index is 2.30. The van der Waals surface area contributed by atoms with Gasteiger partial charge in [-0.1, -0.05) is 40.3 Å². The Labute approximate surface area is 106 Å². The van der Waals surface area contributed by atoms with Crippen molar-refractivity contribution in [3.8, 4) is 0 Å². The minimum absolute atomic E-state index is 0.00543. The molecule has 0 spiro atoms. The molecule has 0 unspecified atom stereocenters. The van der Waals surface area contributed by atoms with Gasteiger partial charge in [0.15, 0.2) is 10.5 Å². The summed E-state index contributed by atoms with van der Waals surface area (Å²) >= 11 is 8.11. The Morgan fingerprint density at radius 2 is 2.00 bits per heavy atom. The monoisotopic (exact) mass is 298 g/mol. The van der Waals surface area contributed by atoms with Gasteiger partial charge in [-0.3, -0.25) is 0 Å². The van der Waals surface area contributed by atoms with E-state index in [1.54, 1.807) is 0 Å². The molecule has 0 amide bonds.